The molecule has 0 aromatic rings. The molecule has 0 radical (unpaired) electrons. The zero-order valence-electron chi connectivity index (χ0n) is 9.74. The van der Waals surface area contributed by atoms with E-state index in [1.807, 2.05) is 0 Å². The molecule has 4 nitrogen and oxygen atoms in total. The highest BCUT2D eigenvalue weighted by atomic mass is 16.3. The van der Waals surface area contributed by atoms with E-state index in [0.717, 1.165) is 38.8 Å². The molecule has 0 aromatic heterocycles. The SMILES string of the molecule is O=C(CC1CCNC1)NCC1CCCC1O. The number of amides is 1. The summed E-state index contributed by atoms with van der Waals surface area (Å²) in [6.07, 6.45) is 4.58. The Kier molecular flexibility index (Phi) is 4.18. The molecule has 0 bridgehead atoms. The maximum Gasteiger partial charge on any atom is 0.220 e. The molecular formula is C12H22N2O2. The molecular weight excluding hydrogens is 204 g/mol. The number of hydrogen-bond acceptors (Lipinski definition) is 3. The summed E-state index contributed by atoms with van der Waals surface area (Å²) >= 11 is 0. The van der Waals surface area contributed by atoms with Gasteiger partial charge in [-0.05, 0) is 38.3 Å². The third-order valence-corrected chi connectivity index (χ3v) is 3.82. The van der Waals surface area contributed by atoms with Crippen molar-refractivity contribution in [3.8, 4) is 0 Å². The Morgan fingerprint density at radius 3 is 2.88 bits per heavy atom. The summed E-state index contributed by atoms with van der Waals surface area (Å²) in [6.45, 7) is 2.67. The molecule has 3 N–H and O–H groups in total. The van der Waals surface area contributed by atoms with Crippen LogP contribution in [0, 0.1) is 11.8 Å². The van der Waals surface area contributed by atoms with Gasteiger partial charge in [-0.3, -0.25) is 4.79 Å². The average Bonchev–Trinajstić information content (AvgIpc) is 2.87. The number of aliphatic hydroxyl groups excluding tert-OH is 1. The van der Waals surface area contributed by atoms with Crippen LogP contribution in [0.15, 0.2) is 0 Å². The van der Waals surface area contributed by atoms with E-state index < -0.39 is 0 Å². The van der Waals surface area contributed by atoms with Crippen molar-refractivity contribution in [2.45, 2.75) is 38.2 Å². The van der Waals surface area contributed by atoms with Crippen LogP contribution < -0.4 is 10.6 Å². The van der Waals surface area contributed by atoms with Crippen molar-refractivity contribution in [3.05, 3.63) is 0 Å². The van der Waals surface area contributed by atoms with Gasteiger partial charge >= 0.3 is 0 Å². The lowest BCUT2D eigenvalue weighted by atomic mass is 10.0. The minimum atomic E-state index is -0.201. The predicted molar refractivity (Wildman–Crippen MR) is 62.0 cm³/mol. The fourth-order valence-corrected chi connectivity index (χ4v) is 2.72. The van der Waals surface area contributed by atoms with Crippen molar-refractivity contribution in [3.63, 3.8) is 0 Å². The monoisotopic (exact) mass is 226 g/mol. The minimum Gasteiger partial charge on any atom is -0.393 e. The largest absolute Gasteiger partial charge is 0.393 e. The Morgan fingerprint density at radius 1 is 1.38 bits per heavy atom. The summed E-state index contributed by atoms with van der Waals surface area (Å²) in [7, 11) is 0. The summed E-state index contributed by atoms with van der Waals surface area (Å²) in [4.78, 5) is 11.6. The molecule has 1 aliphatic carbocycles. The first kappa shape index (κ1) is 11.9. The van der Waals surface area contributed by atoms with Gasteiger partial charge in [0, 0.05) is 18.9 Å². The van der Waals surface area contributed by atoms with Crippen LogP contribution in [0.2, 0.25) is 0 Å². The zero-order chi connectivity index (χ0) is 11.4. The van der Waals surface area contributed by atoms with Crippen LogP contribution in [0.1, 0.15) is 32.1 Å². The molecule has 2 rings (SSSR count). The van der Waals surface area contributed by atoms with Gasteiger partial charge in [0.05, 0.1) is 6.10 Å². The lowest BCUT2D eigenvalue weighted by Gasteiger charge is -2.16. The maximum absolute atomic E-state index is 11.6. The number of aliphatic hydroxyl groups is 1. The highest BCUT2D eigenvalue weighted by Crippen LogP contribution is 2.24. The maximum atomic E-state index is 11.6. The third-order valence-electron chi connectivity index (χ3n) is 3.82. The lowest BCUT2D eigenvalue weighted by molar-refractivity contribution is -0.122. The first-order valence-electron chi connectivity index (χ1n) is 6.41. The second-order valence-electron chi connectivity index (χ2n) is 5.13. The van der Waals surface area contributed by atoms with Gasteiger partial charge in [-0.1, -0.05) is 6.42 Å². The van der Waals surface area contributed by atoms with Gasteiger partial charge in [-0.25, -0.2) is 0 Å². The van der Waals surface area contributed by atoms with E-state index in [1.54, 1.807) is 0 Å². The van der Waals surface area contributed by atoms with E-state index in [0.29, 0.717) is 18.9 Å². The molecule has 1 saturated carbocycles. The van der Waals surface area contributed by atoms with Crippen LogP contribution in [0.25, 0.3) is 0 Å². The third kappa shape index (κ3) is 3.19. The summed E-state index contributed by atoms with van der Waals surface area (Å²) < 4.78 is 0. The summed E-state index contributed by atoms with van der Waals surface area (Å²) in [5.74, 6) is 0.937. The van der Waals surface area contributed by atoms with Gasteiger partial charge < -0.3 is 15.7 Å². The standard InChI is InChI=1S/C12H22N2O2/c15-11-3-1-2-10(11)8-14-12(16)6-9-4-5-13-7-9/h9-11,13,15H,1-8H2,(H,14,16). The summed E-state index contributed by atoms with van der Waals surface area (Å²) in [5, 5.41) is 15.8. The molecule has 2 fully saturated rings. The van der Waals surface area contributed by atoms with Crippen LogP contribution in [0.4, 0.5) is 0 Å². The van der Waals surface area contributed by atoms with Crippen LogP contribution in [-0.2, 0) is 4.79 Å². The summed E-state index contributed by atoms with van der Waals surface area (Å²) in [6, 6.07) is 0. The zero-order valence-corrected chi connectivity index (χ0v) is 9.74. The van der Waals surface area contributed by atoms with Gasteiger partial charge in [0.2, 0.25) is 5.91 Å². The van der Waals surface area contributed by atoms with Crippen molar-refractivity contribution in [2.24, 2.45) is 11.8 Å². The Balaban J connectivity index is 1.63. The smallest absolute Gasteiger partial charge is 0.220 e. The van der Waals surface area contributed by atoms with Crippen LogP contribution in [0.5, 0.6) is 0 Å². The van der Waals surface area contributed by atoms with Gasteiger partial charge in [0.25, 0.3) is 0 Å². The fourth-order valence-electron chi connectivity index (χ4n) is 2.72. The van der Waals surface area contributed by atoms with Gasteiger partial charge in [0.1, 0.15) is 0 Å². The van der Waals surface area contributed by atoms with Gasteiger partial charge in [-0.2, -0.15) is 0 Å². The van der Waals surface area contributed by atoms with Crippen molar-refractivity contribution in [2.75, 3.05) is 19.6 Å². The highest BCUT2D eigenvalue weighted by molar-refractivity contribution is 5.76. The van der Waals surface area contributed by atoms with E-state index in [4.69, 9.17) is 0 Å². The van der Waals surface area contributed by atoms with Crippen molar-refractivity contribution in [1.29, 1.82) is 0 Å². The van der Waals surface area contributed by atoms with Crippen molar-refractivity contribution < 1.29 is 9.90 Å². The van der Waals surface area contributed by atoms with E-state index >= 15 is 0 Å². The number of carbonyl (C=O) groups excluding carboxylic acids is 1. The minimum absolute atomic E-state index is 0.146. The van der Waals surface area contributed by atoms with Gasteiger partial charge in [-0.15, -0.1) is 0 Å². The molecule has 1 heterocycles. The van der Waals surface area contributed by atoms with E-state index in [-0.39, 0.29) is 17.9 Å². The molecule has 0 aromatic carbocycles. The molecule has 4 heteroatoms. The topological polar surface area (TPSA) is 61.4 Å². The van der Waals surface area contributed by atoms with Gasteiger partial charge in [0.15, 0.2) is 0 Å². The Bertz CT molecular complexity index is 239. The Hall–Kier alpha value is -0.610. The summed E-state index contributed by atoms with van der Waals surface area (Å²) in [5.41, 5.74) is 0. The van der Waals surface area contributed by atoms with E-state index in [9.17, 15) is 9.90 Å². The number of rotatable bonds is 4. The number of carbonyl (C=O) groups is 1. The highest BCUT2D eigenvalue weighted by Gasteiger charge is 2.25. The molecule has 1 saturated heterocycles. The van der Waals surface area contributed by atoms with Crippen molar-refractivity contribution in [1.82, 2.24) is 10.6 Å². The average molecular weight is 226 g/mol. The predicted octanol–water partition coefficient (Wildman–Crippen LogP) is 0.263. The van der Waals surface area contributed by atoms with Crippen LogP contribution >= 0.6 is 0 Å². The quantitative estimate of drug-likeness (QED) is 0.644. The molecule has 1 amide bonds. The van der Waals surface area contributed by atoms with Crippen LogP contribution in [-0.4, -0.2) is 36.8 Å². The van der Waals surface area contributed by atoms with Crippen molar-refractivity contribution >= 4 is 5.91 Å². The molecule has 0 spiro atoms. The first-order chi connectivity index (χ1) is 7.75. The first-order valence-corrected chi connectivity index (χ1v) is 6.41. The second kappa shape index (κ2) is 5.64. The van der Waals surface area contributed by atoms with E-state index in [1.165, 1.54) is 0 Å². The normalized spacial score (nSPS) is 34.2. The number of nitrogens with one attached hydrogen (secondary N) is 2. The van der Waals surface area contributed by atoms with E-state index in [2.05, 4.69) is 10.6 Å². The molecule has 3 unspecified atom stereocenters. The molecule has 3 atom stereocenters. The Labute approximate surface area is 96.8 Å². The molecule has 2 aliphatic rings. The molecule has 1 aliphatic heterocycles. The fraction of sp³-hybridized carbons (Fsp3) is 0.917. The lowest BCUT2D eigenvalue weighted by Crippen LogP contribution is -2.33. The Morgan fingerprint density at radius 2 is 2.25 bits per heavy atom. The molecule has 16 heavy (non-hydrogen) atoms. The number of hydrogen-bond donors (Lipinski definition) is 3. The second-order valence-corrected chi connectivity index (χ2v) is 5.13. The van der Waals surface area contributed by atoms with Crippen LogP contribution in [0.3, 0.4) is 0 Å². The molecule has 92 valence electrons.